The van der Waals surface area contributed by atoms with Gasteiger partial charge in [-0.15, -0.1) is 0 Å². The number of aryl methyl sites for hydroxylation is 1. The number of aliphatic hydroxyl groups is 1. The van der Waals surface area contributed by atoms with Gasteiger partial charge in [-0.25, -0.2) is 4.39 Å². The summed E-state index contributed by atoms with van der Waals surface area (Å²) in [5, 5.41) is 10.4. The van der Waals surface area contributed by atoms with Crippen LogP contribution in [0, 0.1) is 5.82 Å². The van der Waals surface area contributed by atoms with E-state index in [1.165, 1.54) is 6.07 Å². The number of aliphatic hydroxyl groups excluding tert-OH is 1. The molecular weight excluding hydrogens is 291 g/mol. The van der Waals surface area contributed by atoms with Gasteiger partial charge in [-0.3, -0.25) is 0 Å². The average Bonchev–Trinajstić information content (AvgIpc) is 2.47. The summed E-state index contributed by atoms with van der Waals surface area (Å²) >= 11 is 5.97. The van der Waals surface area contributed by atoms with Gasteiger partial charge in [-0.05, 0) is 54.7 Å². The Hall–Kier alpha value is -1.58. The Kier molecular flexibility index (Phi) is 4.13. The SMILES string of the molecule is O[C@H]1CCCc2ccc(OCc3c(F)cccc3Cl)cc21. The minimum Gasteiger partial charge on any atom is -0.489 e. The van der Waals surface area contributed by atoms with Crippen LogP contribution in [-0.2, 0) is 13.0 Å². The van der Waals surface area contributed by atoms with Gasteiger partial charge in [-0.2, -0.15) is 0 Å². The van der Waals surface area contributed by atoms with Gasteiger partial charge >= 0.3 is 0 Å². The molecule has 2 nitrogen and oxygen atoms in total. The van der Waals surface area contributed by atoms with Crippen molar-refractivity contribution in [2.75, 3.05) is 0 Å². The molecule has 4 heteroatoms. The summed E-state index contributed by atoms with van der Waals surface area (Å²) in [7, 11) is 0. The van der Waals surface area contributed by atoms with Crippen LogP contribution in [0.25, 0.3) is 0 Å². The van der Waals surface area contributed by atoms with E-state index in [9.17, 15) is 9.50 Å². The molecule has 0 unspecified atom stereocenters. The van der Waals surface area contributed by atoms with Gasteiger partial charge in [0.15, 0.2) is 0 Å². The number of rotatable bonds is 3. The Labute approximate surface area is 128 Å². The average molecular weight is 307 g/mol. The van der Waals surface area contributed by atoms with E-state index in [-0.39, 0.29) is 12.4 Å². The molecule has 0 saturated carbocycles. The van der Waals surface area contributed by atoms with Gasteiger partial charge in [0.25, 0.3) is 0 Å². The zero-order valence-corrected chi connectivity index (χ0v) is 12.2. The van der Waals surface area contributed by atoms with Gasteiger partial charge in [0.1, 0.15) is 18.2 Å². The summed E-state index contributed by atoms with van der Waals surface area (Å²) in [4.78, 5) is 0. The standard InChI is InChI=1S/C17H16ClFO2/c18-15-4-2-5-16(19)14(15)10-21-12-8-7-11-3-1-6-17(20)13(11)9-12/h2,4-5,7-9,17,20H,1,3,6,10H2/t17-/m0/s1. The number of hydrogen-bond donors (Lipinski definition) is 1. The first kappa shape index (κ1) is 14.4. The molecule has 2 aromatic carbocycles. The second kappa shape index (κ2) is 6.04. The van der Waals surface area contributed by atoms with Crippen molar-refractivity contribution in [3.63, 3.8) is 0 Å². The molecule has 3 rings (SSSR count). The minimum atomic E-state index is -0.436. The summed E-state index contributed by atoms with van der Waals surface area (Å²) in [6.07, 6.45) is 2.31. The van der Waals surface area contributed by atoms with Crippen molar-refractivity contribution in [2.24, 2.45) is 0 Å². The number of fused-ring (bicyclic) bond motifs is 1. The molecule has 0 radical (unpaired) electrons. The van der Waals surface area contributed by atoms with Crippen molar-refractivity contribution in [2.45, 2.75) is 32.0 Å². The largest absolute Gasteiger partial charge is 0.489 e. The molecule has 0 fully saturated rings. The highest BCUT2D eigenvalue weighted by atomic mass is 35.5. The second-order valence-electron chi connectivity index (χ2n) is 5.26. The third-order valence-electron chi connectivity index (χ3n) is 3.84. The Morgan fingerprint density at radius 1 is 1.29 bits per heavy atom. The van der Waals surface area contributed by atoms with E-state index >= 15 is 0 Å². The van der Waals surface area contributed by atoms with Gasteiger partial charge in [0.05, 0.1) is 11.1 Å². The van der Waals surface area contributed by atoms with E-state index < -0.39 is 6.10 Å². The quantitative estimate of drug-likeness (QED) is 0.909. The lowest BCUT2D eigenvalue weighted by molar-refractivity contribution is 0.156. The van der Waals surface area contributed by atoms with Crippen LogP contribution in [-0.4, -0.2) is 5.11 Å². The molecule has 0 bridgehead atoms. The van der Waals surface area contributed by atoms with Crippen LogP contribution in [0.5, 0.6) is 5.75 Å². The summed E-state index contributed by atoms with van der Waals surface area (Å²) in [5.74, 6) is 0.245. The minimum absolute atomic E-state index is 0.0698. The van der Waals surface area contributed by atoms with Crippen molar-refractivity contribution in [1.29, 1.82) is 0 Å². The van der Waals surface area contributed by atoms with E-state index in [4.69, 9.17) is 16.3 Å². The first-order chi connectivity index (χ1) is 10.1. The molecule has 0 heterocycles. The van der Waals surface area contributed by atoms with Crippen LogP contribution in [0.1, 0.15) is 35.6 Å². The third kappa shape index (κ3) is 3.04. The normalized spacial score (nSPS) is 17.4. The lowest BCUT2D eigenvalue weighted by atomic mass is 9.89. The zero-order valence-electron chi connectivity index (χ0n) is 11.5. The summed E-state index contributed by atoms with van der Waals surface area (Å²) in [6.45, 7) is 0.0698. The van der Waals surface area contributed by atoms with Crippen LogP contribution in [0.15, 0.2) is 36.4 Å². The third-order valence-corrected chi connectivity index (χ3v) is 4.20. The predicted molar refractivity (Wildman–Crippen MR) is 80.1 cm³/mol. The van der Waals surface area contributed by atoms with Crippen molar-refractivity contribution >= 4 is 11.6 Å². The maximum atomic E-state index is 13.7. The van der Waals surface area contributed by atoms with Gasteiger partial charge in [0.2, 0.25) is 0 Å². The highest BCUT2D eigenvalue weighted by Crippen LogP contribution is 2.32. The predicted octanol–water partition coefficient (Wildman–Crippen LogP) is 4.43. The van der Waals surface area contributed by atoms with Crippen LogP contribution >= 0.6 is 11.6 Å². The fraction of sp³-hybridized carbons (Fsp3) is 0.294. The van der Waals surface area contributed by atoms with Crippen molar-refractivity contribution in [1.82, 2.24) is 0 Å². The van der Waals surface area contributed by atoms with Crippen LogP contribution in [0.3, 0.4) is 0 Å². The molecule has 2 aromatic rings. The fourth-order valence-electron chi connectivity index (χ4n) is 2.67. The highest BCUT2D eigenvalue weighted by molar-refractivity contribution is 6.31. The number of halogens is 2. The molecule has 0 spiro atoms. The van der Waals surface area contributed by atoms with E-state index in [0.29, 0.717) is 16.3 Å². The van der Waals surface area contributed by atoms with E-state index in [2.05, 4.69) is 0 Å². The lowest BCUT2D eigenvalue weighted by Crippen LogP contribution is -2.09. The maximum absolute atomic E-state index is 13.7. The maximum Gasteiger partial charge on any atom is 0.131 e. The van der Waals surface area contributed by atoms with Crippen LogP contribution in [0.2, 0.25) is 5.02 Å². The van der Waals surface area contributed by atoms with Gasteiger partial charge < -0.3 is 9.84 Å². The Morgan fingerprint density at radius 3 is 2.95 bits per heavy atom. The summed E-state index contributed by atoms with van der Waals surface area (Å²) < 4.78 is 19.3. The molecule has 21 heavy (non-hydrogen) atoms. The highest BCUT2D eigenvalue weighted by Gasteiger charge is 2.18. The van der Waals surface area contributed by atoms with Crippen molar-refractivity contribution in [3.05, 3.63) is 63.9 Å². The Bertz CT molecular complexity index is 637. The number of ether oxygens (including phenoxy) is 1. The second-order valence-corrected chi connectivity index (χ2v) is 5.66. The summed E-state index contributed by atoms with van der Waals surface area (Å²) in [6, 6.07) is 10.2. The van der Waals surface area contributed by atoms with Gasteiger partial charge in [0, 0.05) is 5.56 Å². The lowest BCUT2D eigenvalue weighted by Gasteiger charge is -2.22. The van der Waals surface area contributed by atoms with Crippen molar-refractivity contribution in [3.8, 4) is 5.75 Å². The Balaban J connectivity index is 1.78. The first-order valence-corrected chi connectivity index (χ1v) is 7.39. The molecule has 0 aliphatic heterocycles. The molecule has 110 valence electrons. The molecule has 1 aliphatic rings. The van der Waals surface area contributed by atoms with Crippen molar-refractivity contribution < 1.29 is 14.2 Å². The van der Waals surface area contributed by atoms with Crippen LogP contribution < -0.4 is 4.74 Å². The molecule has 0 aromatic heterocycles. The number of benzene rings is 2. The van der Waals surface area contributed by atoms with E-state index in [1.54, 1.807) is 12.1 Å². The van der Waals surface area contributed by atoms with E-state index in [0.717, 1.165) is 30.4 Å². The molecular formula is C17H16ClFO2. The molecule has 0 amide bonds. The van der Waals surface area contributed by atoms with E-state index in [1.807, 2.05) is 18.2 Å². The smallest absolute Gasteiger partial charge is 0.131 e. The Morgan fingerprint density at radius 2 is 2.14 bits per heavy atom. The number of hydrogen-bond acceptors (Lipinski definition) is 2. The van der Waals surface area contributed by atoms with Gasteiger partial charge in [-0.1, -0.05) is 23.7 Å². The topological polar surface area (TPSA) is 29.5 Å². The van der Waals surface area contributed by atoms with Crippen LogP contribution in [0.4, 0.5) is 4.39 Å². The fourth-order valence-corrected chi connectivity index (χ4v) is 2.89. The monoisotopic (exact) mass is 306 g/mol. The molecule has 1 atom stereocenters. The molecule has 1 aliphatic carbocycles. The zero-order chi connectivity index (χ0) is 14.8. The summed E-state index contributed by atoms with van der Waals surface area (Å²) in [5.41, 5.74) is 2.42. The first-order valence-electron chi connectivity index (χ1n) is 7.02. The molecule has 0 saturated heterocycles. The molecule has 1 N–H and O–H groups in total.